The van der Waals surface area contributed by atoms with Crippen LogP contribution in [0.4, 0.5) is 0 Å². The molecule has 21 heavy (non-hydrogen) atoms. The molecule has 1 atom stereocenters. The van der Waals surface area contributed by atoms with Crippen LogP contribution in [0.1, 0.15) is 29.9 Å². The summed E-state index contributed by atoms with van der Waals surface area (Å²) in [6, 6.07) is 1.45. The number of hydrogen-bond acceptors (Lipinski definition) is 5. The number of thiophene rings is 1. The van der Waals surface area contributed by atoms with E-state index in [4.69, 9.17) is 5.73 Å². The molecule has 120 valence electrons. The number of sulfonamides is 1. The zero-order valence-corrected chi connectivity index (χ0v) is 14.4. The van der Waals surface area contributed by atoms with Crippen molar-refractivity contribution in [2.75, 3.05) is 20.6 Å². The summed E-state index contributed by atoms with van der Waals surface area (Å²) >= 11 is 1.13. The van der Waals surface area contributed by atoms with Crippen LogP contribution in [0.2, 0.25) is 0 Å². The summed E-state index contributed by atoms with van der Waals surface area (Å²) in [5.41, 5.74) is 5.96. The first kappa shape index (κ1) is 18.1. The molecular formula is C13H23N3O3S2. The van der Waals surface area contributed by atoms with Crippen LogP contribution in [0.25, 0.3) is 0 Å². The second-order valence-electron chi connectivity index (χ2n) is 5.28. The lowest BCUT2D eigenvalue weighted by Gasteiger charge is -2.21. The fraction of sp³-hybridized carbons (Fsp3) is 0.615. The molecule has 0 aliphatic heterocycles. The van der Waals surface area contributed by atoms with E-state index >= 15 is 0 Å². The lowest BCUT2D eigenvalue weighted by Crippen LogP contribution is -2.34. The molecule has 0 spiro atoms. The largest absolute Gasteiger partial charge is 0.341 e. The van der Waals surface area contributed by atoms with Crippen molar-refractivity contribution in [1.29, 1.82) is 0 Å². The van der Waals surface area contributed by atoms with Gasteiger partial charge in [0.15, 0.2) is 0 Å². The highest BCUT2D eigenvalue weighted by molar-refractivity contribution is 7.89. The Balaban J connectivity index is 2.71. The molecule has 8 heteroatoms. The molecule has 1 rings (SSSR count). The third-order valence-electron chi connectivity index (χ3n) is 3.37. The van der Waals surface area contributed by atoms with Crippen LogP contribution in [0.5, 0.6) is 0 Å². The summed E-state index contributed by atoms with van der Waals surface area (Å²) in [7, 11) is -0.467. The van der Waals surface area contributed by atoms with E-state index in [0.717, 1.165) is 11.3 Å². The molecule has 0 aliphatic rings. The van der Waals surface area contributed by atoms with E-state index in [1.54, 1.807) is 11.9 Å². The second-order valence-corrected chi connectivity index (χ2v) is 8.08. The smallest absolute Gasteiger partial charge is 0.263 e. The topological polar surface area (TPSA) is 92.5 Å². The van der Waals surface area contributed by atoms with E-state index in [-0.39, 0.29) is 16.8 Å². The molecule has 1 unspecified atom stereocenters. The SMILES string of the molecule is CNS(=O)(=O)c1csc(C(=O)N(C)CCC(N)C(C)C)c1. The highest BCUT2D eigenvalue weighted by Crippen LogP contribution is 2.20. The maximum Gasteiger partial charge on any atom is 0.263 e. The fourth-order valence-corrected chi connectivity index (χ4v) is 3.65. The summed E-state index contributed by atoms with van der Waals surface area (Å²) in [5, 5.41) is 1.47. The molecule has 6 nitrogen and oxygen atoms in total. The van der Waals surface area contributed by atoms with Gasteiger partial charge in [0, 0.05) is 25.0 Å². The van der Waals surface area contributed by atoms with Gasteiger partial charge in [-0.2, -0.15) is 0 Å². The summed E-state index contributed by atoms with van der Waals surface area (Å²) in [6.45, 7) is 4.63. The van der Waals surface area contributed by atoms with Gasteiger partial charge in [-0.1, -0.05) is 13.8 Å². The van der Waals surface area contributed by atoms with E-state index in [2.05, 4.69) is 4.72 Å². The minimum absolute atomic E-state index is 0.0452. The summed E-state index contributed by atoms with van der Waals surface area (Å²) in [5.74, 6) is 0.177. The van der Waals surface area contributed by atoms with Gasteiger partial charge in [0.05, 0.1) is 9.77 Å². The van der Waals surface area contributed by atoms with E-state index in [9.17, 15) is 13.2 Å². The Kier molecular flexibility index (Phi) is 6.33. The summed E-state index contributed by atoms with van der Waals surface area (Å²) in [6.07, 6.45) is 0.715. The fourth-order valence-electron chi connectivity index (χ4n) is 1.66. The van der Waals surface area contributed by atoms with Crippen LogP contribution in [0, 0.1) is 5.92 Å². The van der Waals surface area contributed by atoms with E-state index in [1.807, 2.05) is 13.8 Å². The van der Waals surface area contributed by atoms with Crippen molar-refractivity contribution in [1.82, 2.24) is 9.62 Å². The summed E-state index contributed by atoms with van der Waals surface area (Å²) in [4.78, 5) is 14.3. The van der Waals surface area contributed by atoms with Crippen molar-refractivity contribution in [2.45, 2.75) is 31.2 Å². The molecule has 3 N–H and O–H groups in total. The van der Waals surface area contributed by atoms with Crippen LogP contribution in [-0.2, 0) is 10.0 Å². The van der Waals surface area contributed by atoms with Gasteiger partial charge < -0.3 is 10.6 Å². The van der Waals surface area contributed by atoms with Gasteiger partial charge in [0.25, 0.3) is 5.91 Å². The van der Waals surface area contributed by atoms with E-state index in [0.29, 0.717) is 23.8 Å². The minimum Gasteiger partial charge on any atom is -0.341 e. The zero-order valence-electron chi connectivity index (χ0n) is 12.8. The number of rotatable bonds is 7. The molecule has 0 fully saturated rings. The average molecular weight is 333 g/mol. The quantitative estimate of drug-likeness (QED) is 0.781. The molecule has 0 radical (unpaired) electrons. The van der Waals surface area contributed by atoms with E-state index in [1.165, 1.54) is 18.5 Å². The van der Waals surface area contributed by atoms with Crippen molar-refractivity contribution in [3.05, 3.63) is 16.3 Å². The first-order valence-electron chi connectivity index (χ1n) is 6.72. The first-order valence-corrected chi connectivity index (χ1v) is 9.08. The Bertz CT molecular complexity index is 581. The molecule has 1 amide bonds. The van der Waals surface area contributed by atoms with Crippen LogP contribution >= 0.6 is 11.3 Å². The number of carbonyl (C=O) groups is 1. The molecule has 1 aromatic heterocycles. The number of nitrogens with zero attached hydrogens (tertiary/aromatic N) is 1. The van der Waals surface area contributed by atoms with Crippen LogP contribution in [0.15, 0.2) is 16.3 Å². The Morgan fingerprint density at radius 2 is 2.10 bits per heavy atom. The predicted octanol–water partition coefficient (Wildman–Crippen LogP) is 1.10. The minimum atomic E-state index is -3.50. The third kappa shape index (κ3) is 4.77. The van der Waals surface area contributed by atoms with Crippen LogP contribution in [-0.4, -0.2) is 45.9 Å². The highest BCUT2D eigenvalue weighted by atomic mass is 32.2. The van der Waals surface area contributed by atoms with Gasteiger partial charge in [-0.05, 0) is 25.5 Å². The Labute approximate surface area is 130 Å². The number of amides is 1. The first-order chi connectivity index (χ1) is 9.69. The molecule has 0 aromatic carbocycles. The monoisotopic (exact) mass is 333 g/mol. The van der Waals surface area contributed by atoms with Gasteiger partial charge >= 0.3 is 0 Å². The van der Waals surface area contributed by atoms with Crippen molar-refractivity contribution in [3.8, 4) is 0 Å². The Hall–Kier alpha value is -0.960. The highest BCUT2D eigenvalue weighted by Gasteiger charge is 2.20. The lowest BCUT2D eigenvalue weighted by molar-refractivity contribution is 0.0794. The Morgan fingerprint density at radius 1 is 1.48 bits per heavy atom. The number of hydrogen-bond donors (Lipinski definition) is 2. The maximum absolute atomic E-state index is 12.2. The zero-order chi connectivity index (χ0) is 16.2. The third-order valence-corrected chi connectivity index (χ3v) is 5.83. The number of nitrogens with one attached hydrogen (secondary N) is 1. The molecule has 1 aromatic rings. The van der Waals surface area contributed by atoms with Gasteiger partial charge in [-0.3, -0.25) is 4.79 Å². The Morgan fingerprint density at radius 3 is 2.62 bits per heavy atom. The predicted molar refractivity (Wildman–Crippen MR) is 85.0 cm³/mol. The second kappa shape index (κ2) is 7.35. The van der Waals surface area contributed by atoms with Crippen molar-refractivity contribution >= 4 is 27.3 Å². The molecule has 1 heterocycles. The number of carbonyl (C=O) groups excluding carboxylic acids is 1. The van der Waals surface area contributed by atoms with E-state index < -0.39 is 10.0 Å². The molecule has 0 saturated carbocycles. The van der Waals surface area contributed by atoms with Crippen molar-refractivity contribution in [3.63, 3.8) is 0 Å². The van der Waals surface area contributed by atoms with Gasteiger partial charge in [-0.15, -0.1) is 11.3 Å². The lowest BCUT2D eigenvalue weighted by atomic mass is 10.0. The van der Waals surface area contributed by atoms with Crippen molar-refractivity contribution in [2.24, 2.45) is 11.7 Å². The maximum atomic E-state index is 12.2. The standard InChI is InChI=1S/C13H23N3O3S2/c1-9(2)11(14)5-6-16(4)13(17)12-7-10(8-20-12)21(18,19)15-3/h7-9,11,15H,5-6,14H2,1-4H3. The van der Waals surface area contributed by atoms with Crippen LogP contribution in [0.3, 0.4) is 0 Å². The molecule has 0 saturated heterocycles. The van der Waals surface area contributed by atoms with Gasteiger partial charge in [0.2, 0.25) is 10.0 Å². The number of nitrogens with two attached hydrogens (primary N) is 1. The molecular weight excluding hydrogens is 310 g/mol. The normalized spacial score (nSPS) is 13.4. The van der Waals surface area contributed by atoms with Gasteiger partial charge in [0.1, 0.15) is 0 Å². The van der Waals surface area contributed by atoms with Crippen molar-refractivity contribution < 1.29 is 13.2 Å². The van der Waals surface area contributed by atoms with Gasteiger partial charge in [-0.25, -0.2) is 13.1 Å². The summed E-state index contributed by atoms with van der Waals surface area (Å²) < 4.78 is 25.5. The molecule has 0 aliphatic carbocycles. The van der Waals surface area contributed by atoms with Crippen LogP contribution < -0.4 is 10.5 Å². The molecule has 0 bridgehead atoms. The average Bonchev–Trinajstić information content (AvgIpc) is 2.93.